The van der Waals surface area contributed by atoms with Crippen LogP contribution in [0.2, 0.25) is 0 Å². The molecule has 24 heavy (non-hydrogen) atoms. The van der Waals surface area contributed by atoms with Gasteiger partial charge in [0.2, 0.25) is 0 Å². The van der Waals surface area contributed by atoms with Crippen molar-refractivity contribution < 1.29 is 18.4 Å². The number of ether oxygens (including phenoxy) is 1. The Morgan fingerprint density at radius 1 is 0.958 bits per heavy atom. The van der Waals surface area contributed by atoms with E-state index in [1.807, 2.05) is 43.3 Å². The Morgan fingerprint density at radius 3 is 2.12 bits per heavy atom. The minimum atomic E-state index is -0.133. The van der Waals surface area contributed by atoms with Crippen molar-refractivity contribution in [3.05, 3.63) is 78.1 Å². The summed E-state index contributed by atoms with van der Waals surface area (Å²) in [5.41, 5.74) is 0.994. The number of carbonyl (C=O) groups is 1. The number of rotatable bonds is 7. The van der Waals surface area contributed by atoms with Crippen molar-refractivity contribution in [2.75, 3.05) is 6.61 Å². The molecule has 0 saturated carbocycles. The number of nitrogens with zero attached hydrogens (tertiary/aromatic N) is 1. The number of carbonyl (C=O) groups excluding carboxylic acids is 1. The highest BCUT2D eigenvalue weighted by molar-refractivity contribution is 5.77. The Balaban J connectivity index is 1.67. The minimum absolute atomic E-state index is 0.0354. The maximum Gasteiger partial charge on any atom is 0.261 e. The number of para-hydroxylation sites is 1. The molecule has 1 aromatic carbocycles. The van der Waals surface area contributed by atoms with Crippen molar-refractivity contribution in [2.24, 2.45) is 0 Å². The summed E-state index contributed by atoms with van der Waals surface area (Å²) in [6.07, 6.45) is 3.18. The van der Waals surface area contributed by atoms with E-state index >= 15 is 0 Å². The van der Waals surface area contributed by atoms with Gasteiger partial charge in [0.05, 0.1) is 25.6 Å². The van der Waals surface area contributed by atoms with Gasteiger partial charge < -0.3 is 18.5 Å². The third-order valence-corrected chi connectivity index (χ3v) is 3.65. The van der Waals surface area contributed by atoms with Crippen LogP contribution in [0.15, 0.2) is 69.9 Å². The van der Waals surface area contributed by atoms with Gasteiger partial charge in [-0.25, -0.2) is 0 Å². The van der Waals surface area contributed by atoms with Gasteiger partial charge in [0.1, 0.15) is 17.3 Å². The van der Waals surface area contributed by atoms with Gasteiger partial charge in [-0.15, -0.1) is 0 Å². The predicted octanol–water partition coefficient (Wildman–Crippen LogP) is 3.79. The van der Waals surface area contributed by atoms with Gasteiger partial charge in [0, 0.05) is 0 Å². The number of furan rings is 2. The van der Waals surface area contributed by atoms with Crippen LogP contribution in [0, 0.1) is 6.92 Å². The van der Waals surface area contributed by atoms with E-state index in [0.29, 0.717) is 30.4 Å². The molecule has 5 nitrogen and oxygen atoms in total. The Hall–Kier alpha value is -2.95. The molecule has 0 bridgehead atoms. The Labute approximate surface area is 140 Å². The summed E-state index contributed by atoms with van der Waals surface area (Å²) in [6.45, 7) is 2.64. The van der Waals surface area contributed by atoms with Crippen molar-refractivity contribution in [2.45, 2.75) is 20.0 Å². The van der Waals surface area contributed by atoms with Gasteiger partial charge in [-0.05, 0) is 42.8 Å². The number of hydrogen-bond acceptors (Lipinski definition) is 4. The van der Waals surface area contributed by atoms with Crippen LogP contribution in [0.25, 0.3) is 0 Å². The molecular weight excluding hydrogens is 306 g/mol. The molecule has 0 aliphatic carbocycles. The molecule has 0 aliphatic heterocycles. The molecule has 0 aliphatic rings. The fourth-order valence-corrected chi connectivity index (χ4v) is 2.36. The number of amides is 1. The number of aryl methyl sites for hydroxylation is 1. The molecule has 2 heterocycles. The molecule has 5 heteroatoms. The van der Waals surface area contributed by atoms with E-state index in [-0.39, 0.29) is 12.5 Å². The lowest BCUT2D eigenvalue weighted by atomic mass is 10.2. The third kappa shape index (κ3) is 4.07. The zero-order valence-electron chi connectivity index (χ0n) is 13.5. The molecular formula is C19H19NO4. The fraction of sp³-hybridized carbons (Fsp3) is 0.211. The van der Waals surface area contributed by atoms with Crippen molar-refractivity contribution in [3.63, 3.8) is 0 Å². The second-order valence-corrected chi connectivity index (χ2v) is 5.46. The van der Waals surface area contributed by atoms with Crippen LogP contribution in [0.5, 0.6) is 5.75 Å². The third-order valence-electron chi connectivity index (χ3n) is 3.65. The summed E-state index contributed by atoms with van der Waals surface area (Å²) in [5.74, 6) is 2.00. The summed E-state index contributed by atoms with van der Waals surface area (Å²) in [5, 5.41) is 0. The summed E-state index contributed by atoms with van der Waals surface area (Å²) in [4.78, 5) is 14.2. The highest BCUT2D eigenvalue weighted by Gasteiger charge is 2.18. The maximum atomic E-state index is 12.6. The van der Waals surface area contributed by atoms with Crippen LogP contribution in [-0.2, 0) is 17.9 Å². The van der Waals surface area contributed by atoms with Crippen LogP contribution < -0.4 is 4.74 Å². The Morgan fingerprint density at radius 2 is 1.58 bits per heavy atom. The topological polar surface area (TPSA) is 55.8 Å². The summed E-state index contributed by atoms with van der Waals surface area (Å²) < 4.78 is 16.4. The quantitative estimate of drug-likeness (QED) is 0.663. The van der Waals surface area contributed by atoms with E-state index in [0.717, 1.165) is 5.56 Å². The van der Waals surface area contributed by atoms with Gasteiger partial charge in [0.25, 0.3) is 5.91 Å². The average molecular weight is 325 g/mol. The molecule has 0 fully saturated rings. The zero-order chi connectivity index (χ0) is 16.8. The second kappa shape index (κ2) is 7.55. The Kier molecular flexibility index (Phi) is 5.01. The highest BCUT2D eigenvalue weighted by atomic mass is 16.5. The molecule has 0 radical (unpaired) electrons. The van der Waals surface area contributed by atoms with Gasteiger partial charge in [-0.1, -0.05) is 18.2 Å². The first kappa shape index (κ1) is 15.9. The van der Waals surface area contributed by atoms with E-state index < -0.39 is 0 Å². The largest absolute Gasteiger partial charge is 0.484 e. The molecule has 2 aromatic heterocycles. The molecule has 124 valence electrons. The van der Waals surface area contributed by atoms with Crippen LogP contribution in [0.4, 0.5) is 0 Å². The van der Waals surface area contributed by atoms with Crippen molar-refractivity contribution in [3.8, 4) is 5.75 Å². The van der Waals surface area contributed by atoms with Crippen LogP contribution in [0.3, 0.4) is 0 Å². The summed E-state index contributed by atoms with van der Waals surface area (Å²) >= 11 is 0. The number of hydrogen-bond donors (Lipinski definition) is 0. The normalized spacial score (nSPS) is 10.5. The lowest BCUT2D eigenvalue weighted by molar-refractivity contribution is -0.135. The Bertz CT molecular complexity index is 726. The predicted molar refractivity (Wildman–Crippen MR) is 88.3 cm³/mol. The first-order valence-electron chi connectivity index (χ1n) is 7.73. The van der Waals surface area contributed by atoms with E-state index in [1.54, 1.807) is 29.6 Å². The highest BCUT2D eigenvalue weighted by Crippen LogP contribution is 2.17. The standard InChI is InChI=1S/C19H19NO4/c1-15-6-2-3-9-18(15)24-14-19(21)20(12-16-7-4-10-22-16)13-17-8-5-11-23-17/h2-11H,12-14H2,1H3. The molecule has 3 rings (SSSR count). The SMILES string of the molecule is Cc1ccccc1OCC(=O)N(Cc1ccco1)Cc1ccco1. The lowest BCUT2D eigenvalue weighted by Gasteiger charge is -2.21. The molecule has 0 atom stereocenters. The van der Waals surface area contributed by atoms with Crippen LogP contribution in [0.1, 0.15) is 17.1 Å². The molecule has 1 amide bonds. The van der Waals surface area contributed by atoms with E-state index in [2.05, 4.69) is 0 Å². The lowest BCUT2D eigenvalue weighted by Crippen LogP contribution is -2.34. The smallest absolute Gasteiger partial charge is 0.261 e. The van der Waals surface area contributed by atoms with E-state index in [4.69, 9.17) is 13.6 Å². The second-order valence-electron chi connectivity index (χ2n) is 5.46. The summed E-state index contributed by atoms with van der Waals surface area (Å²) in [7, 11) is 0. The first-order valence-corrected chi connectivity index (χ1v) is 7.73. The molecule has 0 N–H and O–H groups in total. The van der Waals surface area contributed by atoms with Crippen LogP contribution in [-0.4, -0.2) is 17.4 Å². The van der Waals surface area contributed by atoms with Crippen LogP contribution >= 0.6 is 0 Å². The van der Waals surface area contributed by atoms with Gasteiger partial charge in [-0.2, -0.15) is 0 Å². The van der Waals surface area contributed by atoms with E-state index in [9.17, 15) is 4.79 Å². The van der Waals surface area contributed by atoms with Crippen molar-refractivity contribution in [1.82, 2.24) is 4.90 Å². The minimum Gasteiger partial charge on any atom is -0.484 e. The fourth-order valence-electron chi connectivity index (χ4n) is 2.36. The maximum absolute atomic E-state index is 12.6. The molecule has 0 spiro atoms. The van der Waals surface area contributed by atoms with Gasteiger partial charge in [0.15, 0.2) is 6.61 Å². The van der Waals surface area contributed by atoms with Crippen molar-refractivity contribution in [1.29, 1.82) is 0 Å². The summed E-state index contributed by atoms with van der Waals surface area (Å²) in [6, 6.07) is 14.9. The van der Waals surface area contributed by atoms with Gasteiger partial charge >= 0.3 is 0 Å². The molecule has 0 unspecified atom stereocenters. The van der Waals surface area contributed by atoms with Gasteiger partial charge in [-0.3, -0.25) is 4.79 Å². The average Bonchev–Trinajstić information content (AvgIpc) is 3.27. The van der Waals surface area contributed by atoms with Crippen molar-refractivity contribution >= 4 is 5.91 Å². The van der Waals surface area contributed by atoms with E-state index in [1.165, 1.54) is 0 Å². The number of benzene rings is 1. The monoisotopic (exact) mass is 325 g/mol. The molecule has 3 aromatic rings. The zero-order valence-corrected chi connectivity index (χ0v) is 13.5. The first-order chi connectivity index (χ1) is 11.7. The molecule has 0 saturated heterocycles.